The first kappa shape index (κ1) is 20.0. The lowest BCUT2D eigenvalue weighted by atomic mass is 9.85. The molecule has 1 heterocycles. The third-order valence-electron chi connectivity index (χ3n) is 5.35. The van der Waals surface area contributed by atoms with Crippen LogP contribution in [0.4, 0.5) is 10.5 Å². The molecule has 1 aromatic rings. The zero-order chi connectivity index (χ0) is 20.1. The number of fused-ring (bicyclic) bond motifs is 1. The topological polar surface area (TPSA) is 99.8 Å². The predicted molar refractivity (Wildman–Crippen MR) is 105 cm³/mol. The summed E-state index contributed by atoms with van der Waals surface area (Å²) in [5.41, 5.74) is 0.584. The number of nitrogens with zero attached hydrogens (tertiary/aromatic N) is 1. The van der Waals surface area contributed by atoms with E-state index in [1.54, 1.807) is 36.3 Å². The summed E-state index contributed by atoms with van der Waals surface area (Å²) in [7, 11) is 1.55. The number of urea groups is 1. The zero-order valence-corrected chi connectivity index (χ0v) is 16.4. The van der Waals surface area contributed by atoms with E-state index in [1.807, 2.05) is 6.92 Å². The molecule has 1 aliphatic heterocycles. The van der Waals surface area contributed by atoms with E-state index in [2.05, 4.69) is 16.0 Å². The fraction of sp³-hybridized carbons (Fsp3) is 0.550. The van der Waals surface area contributed by atoms with Crippen LogP contribution in [-0.2, 0) is 9.59 Å². The Balaban J connectivity index is 1.75. The number of ether oxygens (including phenoxy) is 1. The number of methoxy groups -OCH3 is 1. The van der Waals surface area contributed by atoms with Crippen molar-refractivity contribution >= 4 is 23.5 Å². The summed E-state index contributed by atoms with van der Waals surface area (Å²) in [6, 6.07) is 5.79. The number of hydrogen-bond acceptors (Lipinski definition) is 4. The van der Waals surface area contributed by atoms with Crippen molar-refractivity contribution < 1.29 is 19.1 Å². The minimum Gasteiger partial charge on any atom is -0.497 e. The third kappa shape index (κ3) is 4.37. The molecule has 3 atom stereocenters. The van der Waals surface area contributed by atoms with Gasteiger partial charge in [-0.15, -0.1) is 0 Å². The number of carbonyl (C=O) groups excluding carboxylic acids is 3. The van der Waals surface area contributed by atoms with Crippen molar-refractivity contribution in [3.8, 4) is 5.75 Å². The van der Waals surface area contributed by atoms with Gasteiger partial charge in [-0.2, -0.15) is 0 Å². The van der Waals surface area contributed by atoms with Crippen molar-refractivity contribution in [2.24, 2.45) is 0 Å². The fourth-order valence-corrected chi connectivity index (χ4v) is 4.06. The lowest BCUT2D eigenvalue weighted by Crippen LogP contribution is -2.69. The maximum atomic E-state index is 12.7. The largest absolute Gasteiger partial charge is 0.497 e. The molecular weight excluding hydrogens is 360 g/mol. The molecule has 8 heteroatoms. The first-order valence-corrected chi connectivity index (χ1v) is 9.84. The number of carbonyl (C=O) groups is 3. The van der Waals surface area contributed by atoms with Crippen molar-refractivity contribution in [1.82, 2.24) is 15.5 Å². The lowest BCUT2D eigenvalue weighted by molar-refractivity contribution is -0.135. The molecule has 1 aromatic carbocycles. The molecule has 0 radical (unpaired) electrons. The molecule has 3 rings (SSSR count). The van der Waals surface area contributed by atoms with E-state index in [4.69, 9.17) is 4.74 Å². The number of nitrogens with one attached hydrogen (secondary N) is 3. The average molecular weight is 388 g/mol. The van der Waals surface area contributed by atoms with Gasteiger partial charge in [0.2, 0.25) is 11.8 Å². The van der Waals surface area contributed by atoms with Crippen LogP contribution in [0.5, 0.6) is 5.75 Å². The van der Waals surface area contributed by atoms with Gasteiger partial charge >= 0.3 is 6.03 Å². The Morgan fingerprint density at radius 2 is 2.07 bits per heavy atom. The molecule has 1 saturated carbocycles. The van der Waals surface area contributed by atoms with Crippen molar-refractivity contribution in [3.05, 3.63) is 24.3 Å². The molecule has 0 unspecified atom stereocenters. The van der Waals surface area contributed by atoms with Crippen LogP contribution in [-0.4, -0.2) is 54.5 Å². The first-order valence-electron chi connectivity index (χ1n) is 9.84. The van der Waals surface area contributed by atoms with Gasteiger partial charge < -0.3 is 25.6 Å². The third-order valence-corrected chi connectivity index (χ3v) is 5.35. The van der Waals surface area contributed by atoms with Crippen LogP contribution in [0.3, 0.4) is 0 Å². The highest BCUT2D eigenvalue weighted by Gasteiger charge is 2.45. The van der Waals surface area contributed by atoms with Crippen LogP contribution >= 0.6 is 0 Å². The summed E-state index contributed by atoms with van der Waals surface area (Å²) in [4.78, 5) is 39.7. The quantitative estimate of drug-likeness (QED) is 0.717. The molecule has 28 heavy (non-hydrogen) atoms. The normalized spacial score (nSPS) is 24.0. The molecule has 3 N–H and O–H groups in total. The molecule has 2 fully saturated rings. The van der Waals surface area contributed by atoms with E-state index >= 15 is 0 Å². The molecule has 4 amide bonds. The Kier molecular flexibility index (Phi) is 6.38. The van der Waals surface area contributed by atoms with Gasteiger partial charge in [0, 0.05) is 24.3 Å². The van der Waals surface area contributed by atoms with E-state index in [0.29, 0.717) is 18.0 Å². The van der Waals surface area contributed by atoms with Crippen LogP contribution in [0.2, 0.25) is 0 Å². The molecular formula is C20H28N4O4. The highest BCUT2D eigenvalue weighted by Crippen LogP contribution is 2.29. The summed E-state index contributed by atoms with van der Waals surface area (Å²) in [6.45, 7) is 2.31. The van der Waals surface area contributed by atoms with Crippen LogP contribution in [0.25, 0.3) is 0 Å². The minimum atomic E-state index is -0.823. The summed E-state index contributed by atoms with van der Waals surface area (Å²) in [5, 5.41) is 8.61. The molecule has 152 valence electrons. The van der Waals surface area contributed by atoms with Crippen LogP contribution in [0.1, 0.15) is 39.0 Å². The van der Waals surface area contributed by atoms with Crippen LogP contribution in [0.15, 0.2) is 24.3 Å². The minimum absolute atomic E-state index is 0.0402. The monoisotopic (exact) mass is 388 g/mol. The summed E-state index contributed by atoms with van der Waals surface area (Å²) >= 11 is 0. The van der Waals surface area contributed by atoms with Crippen molar-refractivity contribution in [3.63, 3.8) is 0 Å². The average Bonchev–Trinajstić information content (AvgIpc) is 2.68. The molecule has 8 nitrogen and oxygen atoms in total. The molecule has 1 aliphatic carbocycles. The second-order valence-corrected chi connectivity index (χ2v) is 7.21. The smallest absolute Gasteiger partial charge is 0.318 e. The number of piperazine rings is 1. The molecule has 1 saturated heterocycles. The van der Waals surface area contributed by atoms with Gasteiger partial charge in [0.15, 0.2) is 0 Å². The van der Waals surface area contributed by atoms with Crippen LogP contribution < -0.4 is 20.7 Å². The van der Waals surface area contributed by atoms with Crippen molar-refractivity contribution in [2.75, 3.05) is 19.0 Å². The summed E-state index contributed by atoms with van der Waals surface area (Å²) in [6.07, 6.45) is 3.63. The van der Waals surface area contributed by atoms with E-state index < -0.39 is 6.04 Å². The summed E-state index contributed by atoms with van der Waals surface area (Å²) in [5.74, 6) is 0.0364. The molecule has 0 spiro atoms. The Bertz CT molecular complexity index is 739. The van der Waals surface area contributed by atoms with Gasteiger partial charge in [-0.1, -0.05) is 18.9 Å². The number of benzene rings is 1. The van der Waals surface area contributed by atoms with Gasteiger partial charge in [-0.05, 0) is 31.9 Å². The Hall–Kier alpha value is -2.77. The zero-order valence-electron chi connectivity index (χ0n) is 16.4. The SMILES string of the molecule is CCNC(=O)N1[C@@H]2CCCC[C@H]2NC(=O)[C@@H]1CC(=O)Nc1cccc(OC)c1. The van der Waals surface area contributed by atoms with E-state index in [1.165, 1.54) is 0 Å². The fourth-order valence-electron chi connectivity index (χ4n) is 4.06. The summed E-state index contributed by atoms with van der Waals surface area (Å²) < 4.78 is 5.16. The lowest BCUT2D eigenvalue weighted by Gasteiger charge is -2.47. The van der Waals surface area contributed by atoms with Crippen LogP contribution in [0, 0.1) is 0 Å². The van der Waals surface area contributed by atoms with Crippen molar-refractivity contribution in [2.45, 2.75) is 57.2 Å². The Morgan fingerprint density at radius 3 is 2.82 bits per heavy atom. The van der Waals surface area contributed by atoms with Crippen molar-refractivity contribution in [1.29, 1.82) is 0 Å². The second kappa shape index (κ2) is 8.95. The maximum absolute atomic E-state index is 12.7. The van der Waals surface area contributed by atoms with E-state index in [0.717, 1.165) is 25.7 Å². The molecule has 0 bridgehead atoms. The van der Waals surface area contributed by atoms with Gasteiger partial charge in [0.05, 0.1) is 19.6 Å². The van der Waals surface area contributed by atoms with Gasteiger partial charge in [-0.3, -0.25) is 9.59 Å². The maximum Gasteiger partial charge on any atom is 0.318 e. The van der Waals surface area contributed by atoms with Gasteiger partial charge in [0.1, 0.15) is 11.8 Å². The van der Waals surface area contributed by atoms with E-state index in [9.17, 15) is 14.4 Å². The predicted octanol–water partition coefficient (Wildman–Crippen LogP) is 1.86. The first-order chi connectivity index (χ1) is 13.5. The number of amides is 4. The highest BCUT2D eigenvalue weighted by molar-refractivity contribution is 5.97. The standard InChI is InChI=1S/C20H28N4O4/c1-3-21-20(27)24-16-10-5-4-9-15(16)23-19(26)17(24)12-18(25)22-13-7-6-8-14(11-13)28-2/h6-8,11,15-17H,3-5,9-10,12H2,1-2H3,(H,21,27)(H,22,25)(H,23,26)/t15-,16-,17+/m1/s1. The van der Waals surface area contributed by atoms with Gasteiger partial charge in [-0.25, -0.2) is 4.79 Å². The second-order valence-electron chi connectivity index (χ2n) is 7.21. The molecule has 2 aliphatic rings. The van der Waals surface area contributed by atoms with E-state index in [-0.39, 0.29) is 36.3 Å². The highest BCUT2D eigenvalue weighted by atomic mass is 16.5. The number of hydrogen-bond donors (Lipinski definition) is 3. The van der Waals surface area contributed by atoms with Gasteiger partial charge in [0.25, 0.3) is 0 Å². The number of anilines is 1. The molecule has 0 aromatic heterocycles. The number of rotatable bonds is 5. The Labute approximate surface area is 165 Å². The Morgan fingerprint density at radius 1 is 1.29 bits per heavy atom.